The molecule has 0 saturated carbocycles. The van der Waals surface area contributed by atoms with Crippen molar-refractivity contribution in [2.75, 3.05) is 6.54 Å². The molecule has 0 aliphatic rings. The van der Waals surface area contributed by atoms with Crippen molar-refractivity contribution in [3.05, 3.63) is 35.4 Å². The number of rotatable bonds is 10. The summed E-state index contributed by atoms with van der Waals surface area (Å²) >= 11 is 0. The van der Waals surface area contributed by atoms with Crippen molar-refractivity contribution in [2.45, 2.75) is 52.5 Å². The number of hydrogen-bond acceptors (Lipinski definition) is 3. The summed E-state index contributed by atoms with van der Waals surface area (Å²) in [5, 5.41) is 15.3. The lowest BCUT2D eigenvalue weighted by atomic mass is 10.0. The summed E-state index contributed by atoms with van der Waals surface area (Å²) in [4.78, 5) is 0. The van der Waals surface area contributed by atoms with Crippen LogP contribution in [0, 0.1) is 5.92 Å². The van der Waals surface area contributed by atoms with Crippen molar-refractivity contribution >= 4 is 5.84 Å². The van der Waals surface area contributed by atoms with E-state index in [-0.39, 0.29) is 5.84 Å². The molecule has 21 heavy (non-hydrogen) atoms. The SMILES string of the molecule is CC(C)CCCCCCNCc1ccccc1/C(N)=N/O. The summed E-state index contributed by atoms with van der Waals surface area (Å²) < 4.78 is 0. The normalized spacial score (nSPS) is 12.0. The standard InChI is InChI=1S/C17H29N3O/c1-14(2)9-5-3-4-8-12-19-13-15-10-6-7-11-16(15)17(18)20-21/h6-7,10-11,14,19,21H,3-5,8-9,12-13H2,1-2H3,(H2,18,20). The fraction of sp³-hybridized carbons (Fsp3) is 0.588. The minimum Gasteiger partial charge on any atom is -0.409 e. The zero-order valence-electron chi connectivity index (χ0n) is 13.3. The van der Waals surface area contributed by atoms with Crippen molar-refractivity contribution in [2.24, 2.45) is 16.8 Å². The third kappa shape index (κ3) is 7.14. The van der Waals surface area contributed by atoms with Crippen LogP contribution in [0.3, 0.4) is 0 Å². The number of benzene rings is 1. The maximum atomic E-state index is 8.79. The molecular formula is C17H29N3O. The highest BCUT2D eigenvalue weighted by molar-refractivity contribution is 5.98. The van der Waals surface area contributed by atoms with E-state index in [2.05, 4.69) is 24.3 Å². The molecule has 1 rings (SSSR count). The van der Waals surface area contributed by atoms with Crippen LogP contribution in [0.1, 0.15) is 57.1 Å². The molecule has 4 N–H and O–H groups in total. The molecule has 0 radical (unpaired) electrons. The van der Waals surface area contributed by atoms with Gasteiger partial charge in [0.25, 0.3) is 0 Å². The Hall–Kier alpha value is -1.55. The van der Waals surface area contributed by atoms with Gasteiger partial charge in [0.05, 0.1) is 0 Å². The average Bonchev–Trinajstić information content (AvgIpc) is 2.49. The van der Waals surface area contributed by atoms with Crippen molar-refractivity contribution < 1.29 is 5.21 Å². The minimum absolute atomic E-state index is 0.168. The molecule has 0 unspecified atom stereocenters. The minimum atomic E-state index is 0.168. The molecule has 0 aliphatic heterocycles. The Balaban J connectivity index is 2.21. The first-order chi connectivity index (χ1) is 10.1. The van der Waals surface area contributed by atoms with Gasteiger partial charge < -0.3 is 16.3 Å². The van der Waals surface area contributed by atoms with E-state index in [1.807, 2.05) is 24.3 Å². The van der Waals surface area contributed by atoms with E-state index in [9.17, 15) is 0 Å². The second kappa shape index (κ2) is 10.2. The van der Waals surface area contributed by atoms with E-state index in [1.165, 1.54) is 32.1 Å². The van der Waals surface area contributed by atoms with Gasteiger partial charge in [0, 0.05) is 12.1 Å². The summed E-state index contributed by atoms with van der Waals surface area (Å²) in [5.74, 6) is 0.986. The second-order valence-corrected chi connectivity index (χ2v) is 5.92. The lowest BCUT2D eigenvalue weighted by Crippen LogP contribution is -2.20. The highest BCUT2D eigenvalue weighted by atomic mass is 16.4. The van der Waals surface area contributed by atoms with Crippen LogP contribution in [0.4, 0.5) is 0 Å². The van der Waals surface area contributed by atoms with E-state index in [4.69, 9.17) is 10.9 Å². The van der Waals surface area contributed by atoms with E-state index in [0.717, 1.165) is 30.1 Å². The highest BCUT2D eigenvalue weighted by Crippen LogP contribution is 2.10. The van der Waals surface area contributed by atoms with Crippen LogP contribution in [-0.4, -0.2) is 17.6 Å². The van der Waals surface area contributed by atoms with Gasteiger partial charge >= 0.3 is 0 Å². The zero-order valence-corrected chi connectivity index (χ0v) is 13.3. The van der Waals surface area contributed by atoms with Crippen LogP contribution in [0.15, 0.2) is 29.4 Å². The largest absolute Gasteiger partial charge is 0.409 e. The Bertz CT molecular complexity index is 430. The van der Waals surface area contributed by atoms with Gasteiger partial charge in [-0.05, 0) is 24.4 Å². The van der Waals surface area contributed by atoms with E-state index < -0.39 is 0 Å². The number of amidine groups is 1. The summed E-state index contributed by atoms with van der Waals surface area (Å²) in [5.41, 5.74) is 7.54. The number of oxime groups is 1. The Morgan fingerprint density at radius 3 is 2.62 bits per heavy atom. The molecule has 1 aromatic rings. The number of unbranched alkanes of at least 4 members (excludes halogenated alkanes) is 3. The van der Waals surface area contributed by atoms with Gasteiger partial charge in [-0.15, -0.1) is 0 Å². The van der Waals surface area contributed by atoms with Gasteiger partial charge in [-0.25, -0.2) is 0 Å². The fourth-order valence-electron chi connectivity index (χ4n) is 2.36. The third-order valence-corrected chi connectivity index (χ3v) is 3.60. The lowest BCUT2D eigenvalue weighted by molar-refractivity contribution is 0.318. The fourth-order valence-corrected chi connectivity index (χ4v) is 2.36. The van der Waals surface area contributed by atoms with Gasteiger partial charge in [0.15, 0.2) is 5.84 Å². The molecule has 0 saturated heterocycles. The maximum absolute atomic E-state index is 8.79. The van der Waals surface area contributed by atoms with Crippen molar-refractivity contribution in [1.29, 1.82) is 0 Å². The quantitative estimate of drug-likeness (QED) is 0.203. The molecule has 0 heterocycles. The zero-order chi connectivity index (χ0) is 15.5. The molecule has 0 bridgehead atoms. The van der Waals surface area contributed by atoms with Crippen LogP contribution in [-0.2, 0) is 6.54 Å². The molecule has 0 aromatic heterocycles. The summed E-state index contributed by atoms with van der Waals surface area (Å²) in [7, 11) is 0. The molecule has 118 valence electrons. The predicted octanol–water partition coefficient (Wildman–Crippen LogP) is 3.48. The Kier molecular flexibility index (Phi) is 8.51. The first-order valence-corrected chi connectivity index (χ1v) is 7.91. The van der Waals surface area contributed by atoms with Gasteiger partial charge in [0.1, 0.15) is 0 Å². The molecule has 0 fully saturated rings. The molecular weight excluding hydrogens is 262 g/mol. The van der Waals surface area contributed by atoms with Crippen molar-refractivity contribution in [3.8, 4) is 0 Å². The molecule has 4 nitrogen and oxygen atoms in total. The van der Waals surface area contributed by atoms with Crippen LogP contribution in [0.5, 0.6) is 0 Å². The Morgan fingerprint density at radius 2 is 1.90 bits per heavy atom. The lowest BCUT2D eigenvalue weighted by Gasteiger charge is -2.09. The Labute approximate surface area is 128 Å². The second-order valence-electron chi connectivity index (χ2n) is 5.92. The number of nitrogens with two attached hydrogens (primary N) is 1. The van der Waals surface area contributed by atoms with Gasteiger partial charge in [-0.1, -0.05) is 69.0 Å². The van der Waals surface area contributed by atoms with Crippen molar-refractivity contribution in [1.82, 2.24) is 5.32 Å². The van der Waals surface area contributed by atoms with E-state index in [0.29, 0.717) is 0 Å². The molecule has 1 aromatic carbocycles. The molecule has 4 heteroatoms. The summed E-state index contributed by atoms with van der Waals surface area (Å²) in [6, 6.07) is 7.74. The van der Waals surface area contributed by atoms with E-state index >= 15 is 0 Å². The van der Waals surface area contributed by atoms with Gasteiger partial charge in [0.2, 0.25) is 0 Å². The van der Waals surface area contributed by atoms with Crippen LogP contribution < -0.4 is 11.1 Å². The molecule has 0 amide bonds. The van der Waals surface area contributed by atoms with Crippen molar-refractivity contribution in [3.63, 3.8) is 0 Å². The molecule has 0 spiro atoms. The number of hydrogen-bond donors (Lipinski definition) is 3. The monoisotopic (exact) mass is 291 g/mol. The van der Waals surface area contributed by atoms with Gasteiger partial charge in [-0.2, -0.15) is 0 Å². The number of nitrogens with zero attached hydrogens (tertiary/aromatic N) is 1. The average molecular weight is 291 g/mol. The van der Waals surface area contributed by atoms with Crippen LogP contribution >= 0.6 is 0 Å². The summed E-state index contributed by atoms with van der Waals surface area (Å²) in [6.45, 7) is 6.31. The molecule has 0 aliphatic carbocycles. The van der Waals surface area contributed by atoms with Crippen LogP contribution in [0.25, 0.3) is 0 Å². The van der Waals surface area contributed by atoms with Gasteiger partial charge in [-0.3, -0.25) is 0 Å². The Morgan fingerprint density at radius 1 is 1.19 bits per heavy atom. The third-order valence-electron chi connectivity index (χ3n) is 3.60. The van der Waals surface area contributed by atoms with E-state index in [1.54, 1.807) is 0 Å². The maximum Gasteiger partial charge on any atom is 0.170 e. The summed E-state index contributed by atoms with van der Waals surface area (Å²) in [6.07, 6.45) is 6.47. The van der Waals surface area contributed by atoms with Crippen LogP contribution in [0.2, 0.25) is 0 Å². The first-order valence-electron chi connectivity index (χ1n) is 7.91. The smallest absolute Gasteiger partial charge is 0.170 e. The number of nitrogens with one attached hydrogen (secondary N) is 1. The topological polar surface area (TPSA) is 70.6 Å². The predicted molar refractivity (Wildman–Crippen MR) is 88.6 cm³/mol. The molecule has 0 atom stereocenters. The highest BCUT2D eigenvalue weighted by Gasteiger charge is 2.05. The first kappa shape index (κ1) is 17.5.